The number of amides is 1. The Balaban J connectivity index is 1.33. The maximum absolute atomic E-state index is 13.6. The van der Waals surface area contributed by atoms with Crippen molar-refractivity contribution >= 4 is 23.1 Å². The summed E-state index contributed by atoms with van der Waals surface area (Å²) in [5.74, 6) is -0.659. The number of carbonyl (C=O) groups excluding carboxylic acids is 2. The van der Waals surface area contributed by atoms with Crippen molar-refractivity contribution in [2.24, 2.45) is 0 Å². The Morgan fingerprint density at radius 1 is 0.914 bits per heavy atom. The zero-order valence-corrected chi connectivity index (χ0v) is 20.3. The van der Waals surface area contributed by atoms with Gasteiger partial charge in [0.25, 0.3) is 5.91 Å². The lowest BCUT2D eigenvalue weighted by molar-refractivity contribution is -0.136. The van der Waals surface area contributed by atoms with E-state index >= 15 is 0 Å². The molecular formula is C29H31N3O3. The molecule has 3 aromatic rings. The maximum Gasteiger partial charge on any atom is 0.265 e. The van der Waals surface area contributed by atoms with Gasteiger partial charge in [0.15, 0.2) is 11.4 Å². The van der Waals surface area contributed by atoms with E-state index in [4.69, 9.17) is 0 Å². The molecule has 0 spiro atoms. The molecule has 1 saturated heterocycles. The Kier molecular flexibility index (Phi) is 6.17. The number of aliphatic hydroxyl groups is 1. The van der Waals surface area contributed by atoms with Crippen LogP contribution < -0.4 is 9.80 Å². The van der Waals surface area contributed by atoms with Crippen molar-refractivity contribution < 1.29 is 14.7 Å². The standard InChI is InChI=1S/C29H31N3O3/c1-21-12-13-24(22(2)18-21)27(33)19-29(35)25-10-6-7-11-26(25)32(28(29)34)20-30-14-16-31(17-15-30)23-8-4-3-5-9-23/h3-13,18,35H,14-17,19-20H2,1-2H3. The molecule has 6 nitrogen and oxygen atoms in total. The number of benzene rings is 3. The van der Waals surface area contributed by atoms with Gasteiger partial charge in [0.05, 0.1) is 18.8 Å². The number of ketones is 1. The molecule has 3 aromatic carbocycles. The lowest BCUT2D eigenvalue weighted by Gasteiger charge is -2.38. The molecule has 0 aliphatic carbocycles. The van der Waals surface area contributed by atoms with Crippen molar-refractivity contribution in [2.45, 2.75) is 25.9 Å². The van der Waals surface area contributed by atoms with E-state index in [1.54, 1.807) is 23.1 Å². The normalized spacial score (nSPS) is 20.3. The van der Waals surface area contributed by atoms with Gasteiger partial charge in [-0.3, -0.25) is 19.4 Å². The minimum absolute atomic E-state index is 0.230. The summed E-state index contributed by atoms with van der Waals surface area (Å²) in [5.41, 5.74) is 2.99. The number of fused-ring (bicyclic) bond motifs is 1. The summed E-state index contributed by atoms with van der Waals surface area (Å²) in [7, 11) is 0. The fourth-order valence-corrected chi connectivity index (χ4v) is 5.26. The zero-order chi connectivity index (χ0) is 24.6. The lowest BCUT2D eigenvalue weighted by atomic mass is 9.87. The molecule has 1 unspecified atom stereocenters. The minimum Gasteiger partial charge on any atom is -0.375 e. The van der Waals surface area contributed by atoms with E-state index in [1.165, 1.54) is 5.69 Å². The number of hydrogen-bond donors (Lipinski definition) is 1. The molecule has 2 aliphatic heterocycles. The van der Waals surface area contributed by atoms with Gasteiger partial charge in [0.2, 0.25) is 0 Å². The van der Waals surface area contributed by atoms with Crippen molar-refractivity contribution in [3.8, 4) is 0 Å². The van der Waals surface area contributed by atoms with E-state index in [2.05, 4.69) is 21.9 Å². The Hall–Kier alpha value is -3.48. The highest BCUT2D eigenvalue weighted by atomic mass is 16.3. The highest BCUT2D eigenvalue weighted by Gasteiger charge is 2.51. The summed E-state index contributed by atoms with van der Waals surface area (Å²) >= 11 is 0. The van der Waals surface area contributed by atoms with E-state index in [9.17, 15) is 14.7 Å². The van der Waals surface area contributed by atoms with Crippen LogP contribution in [-0.4, -0.2) is 54.5 Å². The Bertz CT molecular complexity index is 1250. The molecule has 0 aromatic heterocycles. The number of piperazine rings is 1. The number of hydrogen-bond acceptors (Lipinski definition) is 5. The van der Waals surface area contributed by atoms with Crippen LogP contribution in [0.4, 0.5) is 11.4 Å². The molecule has 2 heterocycles. The molecule has 5 rings (SSSR count). The molecule has 0 radical (unpaired) electrons. The molecule has 0 saturated carbocycles. The van der Waals surface area contributed by atoms with Crippen molar-refractivity contribution in [2.75, 3.05) is 42.6 Å². The van der Waals surface area contributed by atoms with Crippen molar-refractivity contribution in [3.63, 3.8) is 0 Å². The first-order chi connectivity index (χ1) is 16.9. The number of anilines is 2. The van der Waals surface area contributed by atoms with Gasteiger partial charge in [-0.05, 0) is 37.6 Å². The van der Waals surface area contributed by atoms with Gasteiger partial charge in [-0.1, -0.05) is 60.2 Å². The van der Waals surface area contributed by atoms with Crippen molar-refractivity contribution in [3.05, 3.63) is 95.1 Å². The first-order valence-electron chi connectivity index (χ1n) is 12.1. The zero-order valence-electron chi connectivity index (χ0n) is 20.3. The second kappa shape index (κ2) is 9.29. The molecule has 1 atom stereocenters. The third kappa shape index (κ3) is 4.35. The second-order valence-corrected chi connectivity index (χ2v) is 9.61. The van der Waals surface area contributed by atoms with Crippen LogP contribution in [0.15, 0.2) is 72.8 Å². The smallest absolute Gasteiger partial charge is 0.265 e. The second-order valence-electron chi connectivity index (χ2n) is 9.61. The molecule has 6 heteroatoms. The number of rotatable bonds is 6. The van der Waals surface area contributed by atoms with Crippen LogP contribution in [0, 0.1) is 13.8 Å². The van der Waals surface area contributed by atoms with Gasteiger partial charge in [-0.15, -0.1) is 0 Å². The van der Waals surface area contributed by atoms with E-state index in [1.807, 2.05) is 56.3 Å². The van der Waals surface area contributed by atoms with Crippen LogP contribution in [0.3, 0.4) is 0 Å². The summed E-state index contributed by atoms with van der Waals surface area (Å²) in [6.07, 6.45) is -0.273. The Morgan fingerprint density at radius 2 is 1.60 bits per heavy atom. The van der Waals surface area contributed by atoms with Crippen molar-refractivity contribution in [1.82, 2.24) is 4.90 Å². The van der Waals surface area contributed by atoms with Crippen LogP contribution in [0.25, 0.3) is 0 Å². The van der Waals surface area contributed by atoms with E-state index in [0.29, 0.717) is 23.5 Å². The topological polar surface area (TPSA) is 64.1 Å². The average molecular weight is 470 g/mol. The number of nitrogens with zero attached hydrogens (tertiary/aromatic N) is 3. The molecular weight excluding hydrogens is 438 g/mol. The Morgan fingerprint density at radius 3 is 2.31 bits per heavy atom. The van der Waals surface area contributed by atoms with Crippen LogP contribution >= 0.6 is 0 Å². The maximum atomic E-state index is 13.6. The van der Waals surface area contributed by atoms with E-state index in [0.717, 1.165) is 37.3 Å². The summed E-state index contributed by atoms with van der Waals surface area (Å²) in [6, 6.07) is 23.2. The van der Waals surface area contributed by atoms with E-state index < -0.39 is 11.5 Å². The van der Waals surface area contributed by atoms with E-state index in [-0.39, 0.29) is 12.2 Å². The fraction of sp³-hybridized carbons (Fsp3) is 0.310. The summed E-state index contributed by atoms with van der Waals surface area (Å²) in [4.78, 5) is 33.1. The van der Waals surface area contributed by atoms with Gasteiger partial charge < -0.3 is 10.0 Å². The number of para-hydroxylation sites is 2. The highest BCUT2D eigenvalue weighted by molar-refractivity contribution is 6.11. The van der Waals surface area contributed by atoms with Crippen LogP contribution in [0.2, 0.25) is 0 Å². The van der Waals surface area contributed by atoms with Crippen LogP contribution in [-0.2, 0) is 10.4 Å². The average Bonchev–Trinajstić information content (AvgIpc) is 3.07. The Labute approximate surface area is 206 Å². The molecule has 35 heavy (non-hydrogen) atoms. The number of aryl methyl sites for hydroxylation is 2. The SMILES string of the molecule is Cc1ccc(C(=O)CC2(O)C(=O)N(CN3CCN(c4ccccc4)CC3)c3ccccc32)c(C)c1. The molecule has 180 valence electrons. The van der Waals surface area contributed by atoms with Gasteiger partial charge >= 0.3 is 0 Å². The predicted octanol–water partition coefficient (Wildman–Crippen LogP) is 3.89. The molecule has 2 aliphatic rings. The molecule has 1 amide bonds. The highest BCUT2D eigenvalue weighted by Crippen LogP contribution is 2.43. The van der Waals surface area contributed by atoms with Crippen molar-refractivity contribution in [1.29, 1.82) is 0 Å². The largest absolute Gasteiger partial charge is 0.375 e. The van der Waals surface area contributed by atoms with Gasteiger partial charge in [0, 0.05) is 43.0 Å². The minimum atomic E-state index is -1.86. The molecule has 0 bridgehead atoms. The summed E-state index contributed by atoms with van der Waals surface area (Å²) in [5, 5.41) is 11.6. The first-order valence-corrected chi connectivity index (χ1v) is 12.1. The molecule has 1 fully saturated rings. The van der Waals surface area contributed by atoms with Crippen LogP contribution in [0.1, 0.15) is 33.5 Å². The third-order valence-electron chi connectivity index (χ3n) is 7.17. The van der Waals surface area contributed by atoms with Gasteiger partial charge in [0.1, 0.15) is 0 Å². The summed E-state index contributed by atoms with van der Waals surface area (Å²) < 4.78 is 0. The number of Topliss-reactive ketones (excluding diaryl/α,β-unsaturated/α-hetero) is 1. The monoisotopic (exact) mass is 469 g/mol. The number of carbonyl (C=O) groups is 2. The fourth-order valence-electron chi connectivity index (χ4n) is 5.26. The third-order valence-corrected chi connectivity index (χ3v) is 7.17. The quantitative estimate of drug-likeness (QED) is 0.555. The first kappa shape index (κ1) is 23.3. The van der Waals surface area contributed by atoms with Gasteiger partial charge in [-0.25, -0.2) is 0 Å². The van der Waals surface area contributed by atoms with Gasteiger partial charge in [-0.2, -0.15) is 0 Å². The van der Waals surface area contributed by atoms with Crippen LogP contribution in [0.5, 0.6) is 0 Å². The predicted molar refractivity (Wildman–Crippen MR) is 138 cm³/mol. The molecule has 1 N–H and O–H groups in total. The summed E-state index contributed by atoms with van der Waals surface area (Å²) in [6.45, 7) is 7.59. The lowest BCUT2D eigenvalue weighted by Crippen LogP contribution is -2.52.